The first-order chi connectivity index (χ1) is 12.4. The highest BCUT2D eigenvalue weighted by molar-refractivity contribution is 6.31. The van der Waals surface area contributed by atoms with Gasteiger partial charge in [0.25, 0.3) is 5.91 Å². The molecule has 0 bridgehead atoms. The lowest BCUT2D eigenvalue weighted by Crippen LogP contribution is -2.14. The molecule has 5 nitrogen and oxygen atoms in total. The van der Waals surface area contributed by atoms with Crippen LogP contribution >= 0.6 is 11.6 Å². The van der Waals surface area contributed by atoms with Gasteiger partial charge in [-0.15, -0.1) is 0 Å². The Labute approximate surface area is 155 Å². The largest absolute Gasteiger partial charge is 0.322 e. The number of Topliss-reactive ketones (excluding diaryl/α,β-unsaturated/α-hetero) is 1. The third kappa shape index (κ3) is 3.14. The molecule has 1 aromatic heterocycles. The summed E-state index contributed by atoms with van der Waals surface area (Å²) < 4.78 is 14.9. The van der Waals surface area contributed by atoms with Crippen molar-refractivity contribution in [2.75, 3.05) is 5.32 Å². The first kappa shape index (κ1) is 17.2. The van der Waals surface area contributed by atoms with Crippen LogP contribution in [0.25, 0.3) is 0 Å². The van der Waals surface area contributed by atoms with Gasteiger partial charge in [0.15, 0.2) is 0 Å². The standard InChI is InChI=1S/C19H19ClFN3O2/c1-24-9-15(19(26)22-13-2-3-17(21)16(20)8-13)18(23-24)12-4-10-6-14(25)7-11(10)5-12/h2-3,8-12H,4-7H2,1H3,(H,22,26). The molecular weight excluding hydrogens is 357 g/mol. The number of nitrogens with one attached hydrogen (secondary N) is 1. The van der Waals surface area contributed by atoms with E-state index in [1.807, 2.05) is 0 Å². The SMILES string of the molecule is Cn1cc(C(=O)Nc2ccc(F)c(Cl)c2)c(C2CC3CC(=O)CC3C2)n1. The van der Waals surface area contributed by atoms with Crippen molar-refractivity contribution in [2.45, 2.75) is 31.6 Å². The zero-order valence-corrected chi connectivity index (χ0v) is 15.1. The number of carbonyl (C=O) groups excluding carboxylic acids is 2. The molecule has 7 heteroatoms. The molecule has 0 radical (unpaired) electrons. The molecule has 2 aliphatic rings. The van der Waals surface area contributed by atoms with Gasteiger partial charge in [0, 0.05) is 37.7 Å². The molecular formula is C19H19ClFN3O2. The number of halogens is 2. The second kappa shape index (κ2) is 6.50. The summed E-state index contributed by atoms with van der Waals surface area (Å²) in [5.41, 5.74) is 1.73. The normalized spacial score (nSPS) is 24.7. The second-order valence-corrected chi connectivity index (χ2v) is 7.73. The Morgan fingerprint density at radius 1 is 1.31 bits per heavy atom. The minimum Gasteiger partial charge on any atom is -0.322 e. The van der Waals surface area contributed by atoms with Gasteiger partial charge in [-0.1, -0.05) is 11.6 Å². The molecule has 0 aliphatic heterocycles. The molecule has 1 aromatic carbocycles. The minimum atomic E-state index is -0.529. The monoisotopic (exact) mass is 375 g/mol. The summed E-state index contributed by atoms with van der Waals surface area (Å²) in [7, 11) is 1.79. The number of rotatable bonds is 3. The van der Waals surface area contributed by atoms with Crippen LogP contribution in [0.4, 0.5) is 10.1 Å². The van der Waals surface area contributed by atoms with Crippen LogP contribution in [0.15, 0.2) is 24.4 Å². The van der Waals surface area contributed by atoms with E-state index >= 15 is 0 Å². The summed E-state index contributed by atoms with van der Waals surface area (Å²) in [4.78, 5) is 24.4. The molecule has 1 N–H and O–H groups in total. The summed E-state index contributed by atoms with van der Waals surface area (Å²) in [6.45, 7) is 0. The summed E-state index contributed by atoms with van der Waals surface area (Å²) in [5.74, 6) is 0.563. The minimum absolute atomic E-state index is 0.0394. The van der Waals surface area contributed by atoms with E-state index in [1.165, 1.54) is 18.2 Å². The zero-order valence-electron chi connectivity index (χ0n) is 14.3. The molecule has 2 atom stereocenters. The van der Waals surface area contributed by atoms with Crippen molar-refractivity contribution in [1.29, 1.82) is 0 Å². The number of hydrogen-bond donors (Lipinski definition) is 1. The molecule has 136 valence electrons. The molecule has 26 heavy (non-hydrogen) atoms. The third-order valence-electron chi connectivity index (χ3n) is 5.49. The number of ketones is 1. The number of amides is 1. The van der Waals surface area contributed by atoms with Crippen molar-refractivity contribution in [3.63, 3.8) is 0 Å². The van der Waals surface area contributed by atoms with E-state index in [0.29, 0.717) is 41.7 Å². The zero-order chi connectivity index (χ0) is 18.4. The molecule has 2 aliphatic carbocycles. The predicted molar refractivity (Wildman–Crippen MR) is 95.8 cm³/mol. The van der Waals surface area contributed by atoms with E-state index in [1.54, 1.807) is 17.9 Å². The maximum Gasteiger partial charge on any atom is 0.259 e. The Morgan fingerprint density at radius 2 is 2.00 bits per heavy atom. The van der Waals surface area contributed by atoms with Gasteiger partial charge < -0.3 is 5.32 Å². The summed E-state index contributed by atoms with van der Waals surface area (Å²) in [5, 5.41) is 7.24. The van der Waals surface area contributed by atoms with E-state index in [9.17, 15) is 14.0 Å². The van der Waals surface area contributed by atoms with Crippen LogP contribution in [-0.4, -0.2) is 21.5 Å². The van der Waals surface area contributed by atoms with E-state index in [-0.39, 0.29) is 16.8 Å². The fraction of sp³-hybridized carbons (Fsp3) is 0.421. The fourth-order valence-electron chi connectivity index (χ4n) is 4.36. The van der Waals surface area contributed by atoms with E-state index in [0.717, 1.165) is 18.5 Å². The average Bonchev–Trinajstić information content (AvgIpc) is 3.23. The molecule has 2 saturated carbocycles. The topological polar surface area (TPSA) is 64.0 Å². The van der Waals surface area contributed by atoms with Gasteiger partial charge in [-0.2, -0.15) is 5.10 Å². The van der Waals surface area contributed by atoms with Crippen molar-refractivity contribution in [2.24, 2.45) is 18.9 Å². The summed E-state index contributed by atoms with van der Waals surface area (Å²) in [6.07, 6.45) is 4.81. The number of nitrogens with zero attached hydrogens (tertiary/aromatic N) is 2. The van der Waals surface area contributed by atoms with Gasteiger partial charge in [0.1, 0.15) is 11.6 Å². The average molecular weight is 376 g/mol. The highest BCUT2D eigenvalue weighted by Crippen LogP contribution is 2.49. The second-order valence-electron chi connectivity index (χ2n) is 7.32. The summed E-state index contributed by atoms with van der Waals surface area (Å²) >= 11 is 5.78. The lowest BCUT2D eigenvalue weighted by atomic mass is 9.96. The number of anilines is 1. The van der Waals surface area contributed by atoms with Crippen LogP contribution in [0.1, 0.15) is 47.7 Å². The highest BCUT2D eigenvalue weighted by Gasteiger charge is 2.43. The Hall–Kier alpha value is -2.21. The Balaban J connectivity index is 1.55. The van der Waals surface area contributed by atoms with Gasteiger partial charge in [-0.05, 0) is 42.9 Å². The molecule has 0 saturated heterocycles. The molecule has 4 rings (SSSR count). The van der Waals surface area contributed by atoms with E-state index in [4.69, 9.17) is 11.6 Å². The Morgan fingerprint density at radius 3 is 2.65 bits per heavy atom. The predicted octanol–water partition coefficient (Wildman–Crippen LogP) is 3.94. The van der Waals surface area contributed by atoms with Crippen molar-refractivity contribution in [3.05, 3.63) is 46.5 Å². The Bertz CT molecular complexity index is 879. The maximum absolute atomic E-state index is 13.3. The quantitative estimate of drug-likeness (QED) is 0.883. The smallest absolute Gasteiger partial charge is 0.259 e. The van der Waals surface area contributed by atoms with Crippen molar-refractivity contribution < 1.29 is 14.0 Å². The molecule has 2 aromatic rings. The third-order valence-corrected chi connectivity index (χ3v) is 5.78. The number of aromatic nitrogens is 2. The van der Waals surface area contributed by atoms with Gasteiger partial charge in [0.05, 0.1) is 16.3 Å². The molecule has 2 unspecified atom stereocenters. The molecule has 1 heterocycles. The lowest BCUT2D eigenvalue weighted by Gasteiger charge is -2.11. The summed E-state index contributed by atoms with van der Waals surface area (Å²) in [6, 6.07) is 4.08. The van der Waals surface area contributed by atoms with Crippen molar-refractivity contribution >= 4 is 29.0 Å². The van der Waals surface area contributed by atoms with Gasteiger partial charge in [0.2, 0.25) is 0 Å². The van der Waals surface area contributed by atoms with Crippen molar-refractivity contribution in [1.82, 2.24) is 9.78 Å². The van der Waals surface area contributed by atoms with Crippen LogP contribution in [0.2, 0.25) is 5.02 Å². The van der Waals surface area contributed by atoms with Gasteiger partial charge >= 0.3 is 0 Å². The molecule has 1 amide bonds. The molecule has 0 spiro atoms. The molecule has 2 fully saturated rings. The fourth-order valence-corrected chi connectivity index (χ4v) is 4.54. The number of carbonyl (C=O) groups is 2. The number of hydrogen-bond acceptors (Lipinski definition) is 3. The van der Waals surface area contributed by atoms with Gasteiger partial charge in [-0.25, -0.2) is 4.39 Å². The maximum atomic E-state index is 13.3. The van der Waals surface area contributed by atoms with Crippen molar-refractivity contribution in [3.8, 4) is 0 Å². The first-order valence-corrected chi connectivity index (χ1v) is 9.10. The van der Waals surface area contributed by atoms with Crippen LogP contribution < -0.4 is 5.32 Å². The first-order valence-electron chi connectivity index (χ1n) is 8.72. The number of fused-ring (bicyclic) bond motifs is 1. The van der Waals surface area contributed by atoms with Crippen LogP contribution in [-0.2, 0) is 11.8 Å². The lowest BCUT2D eigenvalue weighted by molar-refractivity contribution is -0.117. The van der Waals surface area contributed by atoms with Crippen LogP contribution in [0.3, 0.4) is 0 Å². The highest BCUT2D eigenvalue weighted by atomic mass is 35.5. The van der Waals surface area contributed by atoms with Crippen LogP contribution in [0, 0.1) is 17.7 Å². The van der Waals surface area contributed by atoms with Gasteiger partial charge in [-0.3, -0.25) is 14.3 Å². The number of benzene rings is 1. The van der Waals surface area contributed by atoms with E-state index < -0.39 is 5.82 Å². The van der Waals surface area contributed by atoms with Crippen LogP contribution in [0.5, 0.6) is 0 Å². The van der Waals surface area contributed by atoms with E-state index in [2.05, 4.69) is 10.4 Å². The Kier molecular flexibility index (Phi) is 4.31. The number of aryl methyl sites for hydroxylation is 1.